The van der Waals surface area contributed by atoms with Crippen molar-refractivity contribution in [3.05, 3.63) is 28.2 Å². The SMILES string of the molecule is C#Cc1cccc(OCC2CCCCC2)c1Br. The van der Waals surface area contributed by atoms with Gasteiger partial charge in [-0.05, 0) is 46.8 Å². The van der Waals surface area contributed by atoms with E-state index in [2.05, 4.69) is 21.9 Å². The first kappa shape index (κ1) is 12.5. The molecule has 1 saturated carbocycles. The second-order valence-corrected chi connectivity index (χ2v) is 5.37. The van der Waals surface area contributed by atoms with Crippen molar-refractivity contribution in [1.29, 1.82) is 0 Å². The number of terminal acetylenes is 1. The minimum atomic E-state index is 0.713. The molecule has 0 aromatic heterocycles. The first-order valence-electron chi connectivity index (χ1n) is 6.19. The van der Waals surface area contributed by atoms with E-state index in [1.165, 1.54) is 32.1 Å². The Morgan fingerprint density at radius 2 is 2.06 bits per heavy atom. The molecule has 0 aliphatic heterocycles. The molecule has 90 valence electrons. The number of hydrogen-bond acceptors (Lipinski definition) is 1. The molecule has 2 heteroatoms. The zero-order valence-corrected chi connectivity index (χ0v) is 11.5. The van der Waals surface area contributed by atoms with Crippen LogP contribution in [0.4, 0.5) is 0 Å². The van der Waals surface area contributed by atoms with Crippen molar-refractivity contribution in [2.45, 2.75) is 32.1 Å². The van der Waals surface area contributed by atoms with Gasteiger partial charge in [0, 0.05) is 5.56 Å². The summed E-state index contributed by atoms with van der Waals surface area (Å²) in [5.74, 6) is 4.23. The fraction of sp³-hybridized carbons (Fsp3) is 0.467. The molecule has 0 heterocycles. The Hall–Kier alpha value is -0.940. The van der Waals surface area contributed by atoms with E-state index in [0.29, 0.717) is 5.92 Å². The van der Waals surface area contributed by atoms with Gasteiger partial charge in [0.15, 0.2) is 0 Å². The van der Waals surface area contributed by atoms with Crippen LogP contribution in [0.3, 0.4) is 0 Å². The van der Waals surface area contributed by atoms with E-state index in [9.17, 15) is 0 Å². The van der Waals surface area contributed by atoms with E-state index in [-0.39, 0.29) is 0 Å². The summed E-state index contributed by atoms with van der Waals surface area (Å²) < 4.78 is 6.78. The molecule has 1 fully saturated rings. The molecule has 0 saturated heterocycles. The normalized spacial score (nSPS) is 16.5. The van der Waals surface area contributed by atoms with Gasteiger partial charge in [-0.3, -0.25) is 0 Å². The number of hydrogen-bond donors (Lipinski definition) is 0. The fourth-order valence-electron chi connectivity index (χ4n) is 2.30. The van der Waals surface area contributed by atoms with E-state index in [1.807, 2.05) is 18.2 Å². The van der Waals surface area contributed by atoms with Gasteiger partial charge in [0.25, 0.3) is 0 Å². The van der Waals surface area contributed by atoms with Crippen molar-refractivity contribution in [2.75, 3.05) is 6.61 Å². The smallest absolute Gasteiger partial charge is 0.134 e. The molecule has 1 aromatic rings. The second kappa shape index (κ2) is 6.12. The molecule has 0 atom stereocenters. The van der Waals surface area contributed by atoms with Crippen LogP contribution < -0.4 is 4.74 Å². The average Bonchev–Trinajstić information content (AvgIpc) is 2.39. The van der Waals surface area contributed by atoms with Gasteiger partial charge in [-0.25, -0.2) is 0 Å². The molecule has 0 radical (unpaired) electrons. The lowest BCUT2D eigenvalue weighted by atomic mass is 9.90. The van der Waals surface area contributed by atoms with Crippen LogP contribution >= 0.6 is 15.9 Å². The van der Waals surface area contributed by atoms with Crippen molar-refractivity contribution < 1.29 is 4.74 Å². The Bertz CT molecular complexity index is 413. The summed E-state index contributed by atoms with van der Waals surface area (Å²) in [6.07, 6.45) is 12.1. The van der Waals surface area contributed by atoms with Crippen LogP contribution in [0, 0.1) is 18.3 Å². The summed E-state index contributed by atoms with van der Waals surface area (Å²) in [6, 6.07) is 5.82. The van der Waals surface area contributed by atoms with Gasteiger partial charge in [-0.1, -0.05) is 31.2 Å². The molecule has 0 N–H and O–H groups in total. The maximum absolute atomic E-state index is 5.88. The highest BCUT2D eigenvalue weighted by atomic mass is 79.9. The van der Waals surface area contributed by atoms with E-state index in [0.717, 1.165) is 22.4 Å². The molecule has 17 heavy (non-hydrogen) atoms. The molecule has 2 rings (SSSR count). The van der Waals surface area contributed by atoms with Crippen molar-refractivity contribution >= 4 is 15.9 Å². The largest absolute Gasteiger partial charge is 0.492 e. The molecule has 1 nitrogen and oxygen atoms in total. The fourth-order valence-corrected chi connectivity index (χ4v) is 2.79. The lowest BCUT2D eigenvalue weighted by Gasteiger charge is -2.22. The molecule has 1 aliphatic carbocycles. The van der Waals surface area contributed by atoms with Crippen LogP contribution in [0.15, 0.2) is 22.7 Å². The molecule has 0 spiro atoms. The molecule has 0 bridgehead atoms. The van der Waals surface area contributed by atoms with Crippen LogP contribution in [-0.4, -0.2) is 6.61 Å². The summed E-state index contributed by atoms with van der Waals surface area (Å²) in [6.45, 7) is 0.812. The van der Waals surface area contributed by atoms with Crippen LogP contribution in [0.5, 0.6) is 5.75 Å². The monoisotopic (exact) mass is 292 g/mol. The van der Waals surface area contributed by atoms with E-state index < -0.39 is 0 Å². The van der Waals surface area contributed by atoms with Crippen molar-refractivity contribution in [3.63, 3.8) is 0 Å². The molecule has 0 unspecified atom stereocenters. The highest BCUT2D eigenvalue weighted by Gasteiger charge is 2.14. The van der Waals surface area contributed by atoms with Crippen LogP contribution in [0.1, 0.15) is 37.7 Å². The Kier molecular flexibility index (Phi) is 4.50. The van der Waals surface area contributed by atoms with Crippen LogP contribution in [0.2, 0.25) is 0 Å². The molecular formula is C15H17BrO. The lowest BCUT2D eigenvalue weighted by molar-refractivity contribution is 0.208. The van der Waals surface area contributed by atoms with Gasteiger partial charge in [0.1, 0.15) is 5.75 Å². The third-order valence-electron chi connectivity index (χ3n) is 3.32. The van der Waals surface area contributed by atoms with Gasteiger partial charge in [0.2, 0.25) is 0 Å². The molecule has 1 aliphatic rings. The number of halogens is 1. The topological polar surface area (TPSA) is 9.23 Å². The quantitative estimate of drug-likeness (QED) is 0.751. The van der Waals surface area contributed by atoms with Crippen molar-refractivity contribution in [2.24, 2.45) is 5.92 Å². The van der Waals surface area contributed by atoms with E-state index in [4.69, 9.17) is 11.2 Å². The maximum atomic E-state index is 5.88. The summed E-state index contributed by atoms with van der Waals surface area (Å²) in [5.41, 5.74) is 0.853. The average molecular weight is 293 g/mol. The maximum Gasteiger partial charge on any atom is 0.134 e. The third-order valence-corrected chi connectivity index (χ3v) is 4.14. The molecular weight excluding hydrogens is 276 g/mol. The van der Waals surface area contributed by atoms with E-state index >= 15 is 0 Å². The zero-order chi connectivity index (χ0) is 12.1. The number of rotatable bonds is 3. The van der Waals surface area contributed by atoms with Gasteiger partial charge < -0.3 is 4.74 Å². The van der Waals surface area contributed by atoms with Gasteiger partial charge >= 0.3 is 0 Å². The highest BCUT2D eigenvalue weighted by Crippen LogP contribution is 2.30. The lowest BCUT2D eigenvalue weighted by Crippen LogP contribution is -2.15. The Balaban J connectivity index is 1.96. The first-order valence-corrected chi connectivity index (χ1v) is 6.98. The Morgan fingerprint density at radius 1 is 1.29 bits per heavy atom. The second-order valence-electron chi connectivity index (χ2n) is 4.58. The van der Waals surface area contributed by atoms with Crippen LogP contribution in [0.25, 0.3) is 0 Å². The number of ether oxygens (including phenoxy) is 1. The predicted molar refractivity (Wildman–Crippen MR) is 74.1 cm³/mol. The minimum Gasteiger partial charge on any atom is -0.492 e. The Morgan fingerprint density at radius 3 is 2.76 bits per heavy atom. The van der Waals surface area contributed by atoms with E-state index in [1.54, 1.807) is 0 Å². The molecule has 0 amide bonds. The van der Waals surface area contributed by atoms with Crippen molar-refractivity contribution in [3.8, 4) is 18.1 Å². The summed E-state index contributed by atoms with van der Waals surface area (Å²) in [5, 5.41) is 0. The summed E-state index contributed by atoms with van der Waals surface area (Å²) in [7, 11) is 0. The van der Waals surface area contributed by atoms with Gasteiger partial charge in [-0.2, -0.15) is 0 Å². The molecule has 1 aromatic carbocycles. The number of benzene rings is 1. The predicted octanol–water partition coefficient (Wildman–Crippen LogP) is 4.39. The summed E-state index contributed by atoms with van der Waals surface area (Å²) >= 11 is 3.50. The van der Waals surface area contributed by atoms with Crippen molar-refractivity contribution in [1.82, 2.24) is 0 Å². The van der Waals surface area contributed by atoms with Crippen LogP contribution in [-0.2, 0) is 0 Å². The minimum absolute atomic E-state index is 0.713. The highest BCUT2D eigenvalue weighted by molar-refractivity contribution is 9.10. The summed E-state index contributed by atoms with van der Waals surface area (Å²) in [4.78, 5) is 0. The zero-order valence-electron chi connectivity index (χ0n) is 9.92. The first-order chi connectivity index (χ1) is 8.31. The standard InChI is InChI=1S/C15H17BrO/c1-2-13-9-6-10-14(15(13)16)17-11-12-7-4-3-5-8-12/h1,6,9-10,12H,3-5,7-8,11H2. The van der Waals surface area contributed by atoms with Gasteiger partial charge in [-0.15, -0.1) is 6.42 Å². The Labute approximate surface area is 112 Å². The third kappa shape index (κ3) is 3.26. The van der Waals surface area contributed by atoms with Gasteiger partial charge in [0.05, 0.1) is 11.1 Å².